The fourth-order valence-corrected chi connectivity index (χ4v) is 0.945. The summed E-state index contributed by atoms with van der Waals surface area (Å²) in [7, 11) is 0. The molecule has 5 nitrogen and oxygen atoms in total. The van der Waals surface area contributed by atoms with Crippen molar-refractivity contribution in [3.05, 3.63) is 29.2 Å². The van der Waals surface area contributed by atoms with Crippen molar-refractivity contribution >= 4 is 11.8 Å². The van der Waals surface area contributed by atoms with E-state index in [0.717, 1.165) is 6.42 Å². The molecule has 0 spiro atoms. The Balaban J connectivity index is 2.49. The number of ether oxygens (including phenoxy) is 1. The molecule has 0 saturated carbocycles. The summed E-state index contributed by atoms with van der Waals surface area (Å²) in [5, 5.41) is 5.30. The first-order valence-electron chi connectivity index (χ1n) is 4.65. The number of nitroso groups, excluding NO2 is 1. The molecule has 1 aromatic carbocycles. The SMILES string of the molecule is CCCNC(=O)Oc1ccc(N=O)cc1. The van der Waals surface area contributed by atoms with E-state index in [1.165, 1.54) is 24.3 Å². The van der Waals surface area contributed by atoms with Crippen LogP contribution in [0.5, 0.6) is 5.75 Å². The molecule has 0 atom stereocenters. The standard InChI is InChI=1S/C10H12N2O3/c1-2-7-11-10(13)15-9-5-3-8(12-14)4-6-9/h3-6H,2,7H2,1H3,(H,11,13). The van der Waals surface area contributed by atoms with Crippen LogP contribution in [0.2, 0.25) is 0 Å². The van der Waals surface area contributed by atoms with E-state index in [0.29, 0.717) is 18.0 Å². The molecule has 1 rings (SSSR count). The normalized spacial score (nSPS) is 9.40. The van der Waals surface area contributed by atoms with Gasteiger partial charge in [0.25, 0.3) is 0 Å². The third-order valence-corrected chi connectivity index (χ3v) is 1.67. The maximum absolute atomic E-state index is 11.1. The second kappa shape index (κ2) is 5.74. The van der Waals surface area contributed by atoms with Crippen LogP contribution in [-0.4, -0.2) is 12.6 Å². The summed E-state index contributed by atoms with van der Waals surface area (Å²) < 4.78 is 4.92. The predicted octanol–water partition coefficient (Wildman–Crippen LogP) is 2.58. The molecule has 0 radical (unpaired) electrons. The van der Waals surface area contributed by atoms with Crippen molar-refractivity contribution in [3.63, 3.8) is 0 Å². The van der Waals surface area contributed by atoms with Gasteiger partial charge in [-0.25, -0.2) is 4.79 Å². The van der Waals surface area contributed by atoms with Gasteiger partial charge >= 0.3 is 6.09 Å². The van der Waals surface area contributed by atoms with Crippen LogP contribution in [-0.2, 0) is 0 Å². The van der Waals surface area contributed by atoms with Gasteiger partial charge in [0.2, 0.25) is 0 Å². The van der Waals surface area contributed by atoms with Gasteiger partial charge in [-0.1, -0.05) is 6.92 Å². The number of nitrogens with one attached hydrogen (secondary N) is 1. The average Bonchev–Trinajstić information content (AvgIpc) is 2.27. The van der Waals surface area contributed by atoms with Crippen LogP contribution >= 0.6 is 0 Å². The quantitative estimate of drug-likeness (QED) is 0.773. The zero-order valence-corrected chi connectivity index (χ0v) is 8.40. The molecule has 0 heterocycles. The summed E-state index contributed by atoms with van der Waals surface area (Å²) in [5.74, 6) is 0.385. The minimum absolute atomic E-state index is 0.302. The van der Waals surface area contributed by atoms with Gasteiger partial charge < -0.3 is 10.1 Å². The van der Waals surface area contributed by atoms with Crippen LogP contribution in [0.1, 0.15) is 13.3 Å². The number of amides is 1. The Kier molecular flexibility index (Phi) is 4.28. The lowest BCUT2D eigenvalue weighted by molar-refractivity contribution is 0.200. The molecule has 0 fully saturated rings. The van der Waals surface area contributed by atoms with E-state index in [9.17, 15) is 9.70 Å². The van der Waals surface area contributed by atoms with Gasteiger partial charge in [0.05, 0.1) is 0 Å². The number of carbonyl (C=O) groups excluding carboxylic acids is 1. The number of rotatable bonds is 4. The van der Waals surface area contributed by atoms with E-state index in [1.807, 2.05) is 6.92 Å². The number of nitrogens with zero attached hydrogens (tertiary/aromatic N) is 1. The summed E-state index contributed by atoms with van der Waals surface area (Å²) in [6.07, 6.45) is 0.354. The number of benzene rings is 1. The smallest absolute Gasteiger partial charge is 0.410 e. The van der Waals surface area contributed by atoms with Gasteiger partial charge in [-0.3, -0.25) is 0 Å². The second-order valence-electron chi connectivity index (χ2n) is 2.90. The largest absolute Gasteiger partial charge is 0.412 e. The molecular weight excluding hydrogens is 196 g/mol. The zero-order valence-electron chi connectivity index (χ0n) is 8.40. The zero-order chi connectivity index (χ0) is 11.1. The minimum Gasteiger partial charge on any atom is -0.410 e. The van der Waals surface area contributed by atoms with Gasteiger partial charge in [-0.2, -0.15) is 0 Å². The molecule has 15 heavy (non-hydrogen) atoms. The Hall–Kier alpha value is -1.91. The molecule has 80 valence electrons. The maximum Gasteiger partial charge on any atom is 0.412 e. The molecule has 0 saturated heterocycles. The molecule has 0 aliphatic rings. The van der Waals surface area contributed by atoms with E-state index in [-0.39, 0.29) is 0 Å². The van der Waals surface area contributed by atoms with Crippen molar-refractivity contribution < 1.29 is 9.53 Å². The van der Waals surface area contributed by atoms with Crippen molar-refractivity contribution in [2.45, 2.75) is 13.3 Å². The van der Waals surface area contributed by atoms with Crippen molar-refractivity contribution in [1.29, 1.82) is 0 Å². The van der Waals surface area contributed by atoms with Crippen molar-refractivity contribution in [1.82, 2.24) is 5.32 Å². The number of hydrogen-bond acceptors (Lipinski definition) is 4. The lowest BCUT2D eigenvalue weighted by Gasteiger charge is -2.04. The molecular formula is C10H12N2O3. The Labute approximate surface area is 87.4 Å². The van der Waals surface area contributed by atoms with Crippen LogP contribution in [0.3, 0.4) is 0 Å². The molecule has 1 N–H and O–H groups in total. The first kappa shape index (κ1) is 11.2. The molecule has 1 aromatic rings. The van der Waals surface area contributed by atoms with E-state index in [4.69, 9.17) is 4.74 Å². The minimum atomic E-state index is -0.497. The third-order valence-electron chi connectivity index (χ3n) is 1.67. The summed E-state index contributed by atoms with van der Waals surface area (Å²) in [5.41, 5.74) is 0.302. The first-order valence-corrected chi connectivity index (χ1v) is 4.65. The van der Waals surface area contributed by atoms with Crippen LogP contribution in [0.15, 0.2) is 29.4 Å². The van der Waals surface area contributed by atoms with Crippen LogP contribution in [0.4, 0.5) is 10.5 Å². The molecule has 0 unspecified atom stereocenters. The highest BCUT2D eigenvalue weighted by atomic mass is 16.6. The van der Waals surface area contributed by atoms with Gasteiger partial charge in [0.1, 0.15) is 11.4 Å². The van der Waals surface area contributed by atoms with E-state index < -0.39 is 6.09 Å². The van der Waals surface area contributed by atoms with E-state index in [2.05, 4.69) is 10.5 Å². The van der Waals surface area contributed by atoms with Crippen molar-refractivity contribution in [2.24, 2.45) is 5.18 Å². The topological polar surface area (TPSA) is 67.8 Å². The molecule has 0 aliphatic heterocycles. The molecule has 0 bridgehead atoms. The molecule has 0 aromatic heterocycles. The Bertz CT molecular complexity index is 335. The Morgan fingerprint density at radius 2 is 2.07 bits per heavy atom. The van der Waals surface area contributed by atoms with Crippen LogP contribution in [0, 0.1) is 4.91 Å². The van der Waals surface area contributed by atoms with Crippen molar-refractivity contribution in [2.75, 3.05) is 6.54 Å². The van der Waals surface area contributed by atoms with Crippen molar-refractivity contribution in [3.8, 4) is 5.75 Å². The fraction of sp³-hybridized carbons (Fsp3) is 0.300. The summed E-state index contributed by atoms with van der Waals surface area (Å²) >= 11 is 0. The molecule has 5 heteroatoms. The summed E-state index contributed by atoms with van der Waals surface area (Å²) in [4.78, 5) is 21.2. The number of carbonyl (C=O) groups is 1. The predicted molar refractivity (Wildman–Crippen MR) is 56.2 cm³/mol. The van der Waals surface area contributed by atoms with Crippen LogP contribution in [0.25, 0.3) is 0 Å². The maximum atomic E-state index is 11.1. The van der Waals surface area contributed by atoms with Gasteiger partial charge in [0.15, 0.2) is 0 Å². The van der Waals surface area contributed by atoms with Gasteiger partial charge in [-0.15, -0.1) is 4.91 Å². The highest BCUT2D eigenvalue weighted by Gasteiger charge is 2.02. The Morgan fingerprint density at radius 3 is 2.60 bits per heavy atom. The highest BCUT2D eigenvalue weighted by molar-refractivity contribution is 5.70. The number of hydrogen-bond donors (Lipinski definition) is 1. The second-order valence-corrected chi connectivity index (χ2v) is 2.90. The lowest BCUT2D eigenvalue weighted by atomic mass is 10.3. The summed E-state index contributed by atoms with van der Waals surface area (Å²) in [6, 6.07) is 6.00. The Morgan fingerprint density at radius 1 is 1.40 bits per heavy atom. The van der Waals surface area contributed by atoms with Gasteiger partial charge in [-0.05, 0) is 35.9 Å². The monoisotopic (exact) mass is 208 g/mol. The third kappa shape index (κ3) is 3.76. The van der Waals surface area contributed by atoms with Gasteiger partial charge in [0, 0.05) is 6.54 Å². The van der Waals surface area contributed by atoms with Crippen LogP contribution < -0.4 is 10.1 Å². The molecule has 1 amide bonds. The van der Waals surface area contributed by atoms with E-state index >= 15 is 0 Å². The highest BCUT2D eigenvalue weighted by Crippen LogP contribution is 2.17. The van der Waals surface area contributed by atoms with E-state index in [1.54, 1.807) is 0 Å². The lowest BCUT2D eigenvalue weighted by Crippen LogP contribution is -2.27. The summed E-state index contributed by atoms with van der Waals surface area (Å²) in [6.45, 7) is 2.53. The molecule has 0 aliphatic carbocycles. The average molecular weight is 208 g/mol. The first-order chi connectivity index (χ1) is 7.26. The fourth-order valence-electron chi connectivity index (χ4n) is 0.945.